The number of aromatic nitrogens is 1. The lowest BCUT2D eigenvalue weighted by Gasteiger charge is -2.15. The van der Waals surface area contributed by atoms with Crippen molar-refractivity contribution in [1.29, 1.82) is 0 Å². The van der Waals surface area contributed by atoms with Crippen LogP contribution < -0.4 is 10.1 Å². The van der Waals surface area contributed by atoms with Gasteiger partial charge in [-0.05, 0) is 45.4 Å². The zero-order valence-corrected chi connectivity index (χ0v) is 14.6. The number of hydrogen-bond acceptors (Lipinski definition) is 5. The molecular formula is C17H22N2O3S. The summed E-state index contributed by atoms with van der Waals surface area (Å²) in [6, 6.07) is 7.28. The molecule has 23 heavy (non-hydrogen) atoms. The molecule has 0 fully saturated rings. The SMILES string of the molecule is Cc1nc(C)c(C(=O)NCC(O)c2cccc(OC(C)C)c2)s1. The normalized spacial score (nSPS) is 12.3. The molecule has 1 heterocycles. The molecule has 0 bridgehead atoms. The van der Waals surface area contributed by atoms with Crippen molar-refractivity contribution in [3.8, 4) is 5.75 Å². The van der Waals surface area contributed by atoms with Gasteiger partial charge in [0.25, 0.3) is 5.91 Å². The molecule has 0 aliphatic rings. The molecule has 2 N–H and O–H groups in total. The van der Waals surface area contributed by atoms with E-state index in [9.17, 15) is 9.90 Å². The molecule has 2 aromatic rings. The van der Waals surface area contributed by atoms with E-state index >= 15 is 0 Å². The molecule has 1 aromatic carbocycles. The number of ether oxygens (including phenoxy) is 1. The van der Waals surface area contributed by atoms with E-state index in [1.165, 1.54) is 11.3 Å². The predicted octanol–water partition coefficient (Wildman–Crippen LogP) is 3.01. The number of aliphatic hydroxyl groups is 1. The lowest BCUT2D eigenvalue weighted by Crippen LogP contribution is -2.28. The zero-order chi connectivity index (χ0) is 17.0. The Labute approximate surface area is 140 Å². The highest BCUT2D eigenvalue weighted by molar-refractivity contribution is 7.13. The molecule has 1 amide bonds. The molecule has 1 aromatic heterocycles. The van der Waals surface area contributed by atoms with Crippen LogP contribution in [0.1, 0.15) is 45.9 Å². The van der Waals surface area contributed by atoms with E-state index in [4.69, 9.17) is 4.74 Å². The minimum atomic E-state index is -0.788. The first-order chi connectivity index (χ1) is 10.9. The summed E-state index contributed by atoms with van der Waals surface area (Å²) in [4.78, 5) is 17.0. The Hall–Kier alpha value is -1.92. The van der Waals surface area contributed by atoms with Crippen LogP contribution in [0.5, 0.6) is 5.75 Å². The highest BCUT2D eigenvalue weighted by Crippen LogP contribution is 2.21. The van der Waals surface area contributed by atoms with Crippen LogP contribution >= 0.6 is 11.3 Å². The quantitative estimate of drug-likeness (QED) is 0.852. The van der Waals surface area contributed by atoms with Gasteiger partial charge in [-0.15, -0.1) is 11.3 Å². The van der Waals surface area contributed by atoms with E-state index in [-0.39, 0.29) is 18.6 Å². The van der Waals surface area contributed by atoms with E-state index in [0.717, 1.165) is 5.01 Å². The van der Waals surface area contributed by atoms with Crippen molar-refractivity contribution >= 4 is 17.2 Å². The number of aryl methyl sites for hydroxylation is 2. The van der Waals surface area contributed by atoms with Gasteiger partial charge < -0.3 is 15.2 Å². The first-order valence-corrected chi connectivity index (χ1v) is 8.35. The number of rotatable bonds is 6. The number of amides is 1. The molecule has 1 atom stereocenters. The summed E-state index contributed by atoms with van der Waals surface area (Å²) in [7, 11) is 0. The van der Waals surface area contributed by atoms with Crippen LogP contribution in [0, 0.1) is 13.8 Å². The van der Waals surface area contributed by atoms with Gasteiger partial charge in [0.2, 0.25) is 0 Å². The van der Waals surface area contributed by atoms with E-state index in [2.05, 4.69) is 10.3 Å². The first-order valence-electron chi connectivity index (χ1n) is 7.53. The third-order valence-electron chi connectivity index (χ3n) is 3.18. The van der Waals surface area contributed by atoms with E-state index in [1.54, 1.807) is 6.07 Å². The van der Waals surface area contributed by atoms with Crippen LogP contribution in [0.2, 0.25) is 0 Å². The fourth-order valence-corrected chi connectivity index (χ4v) is 3.03. The van der Waals surface area contributed by atoms with Crippen LogP contribution in [-0.4, -0.2) is 28.6 Å². The lowest BCUT2D eigenvalue weighted by molar-refractivity contribution is 0.0919. The minimum absolute atomic E-state index is 0.0691. The Morgan fingerprint density at radius 2 is 2.13 bits per heavy atom. The molecule has 0 spiro atoms. The predicted molar refractivity (Wildman–Crippen MR) is 91.1 cm³/mol. The monoisotopic (exact) mass is 334 g/mol. The number of hydrogen-bond donors (Lipinski definition) is 2. The maximum Gasteiger partial charge on any atom is 0.263 e. The standard InChI is InChI=1S/C17H22N2O3S/c1-10(2)22-14-7-5-6-13(8-14)15(20)9-18-17(21)16-11(3)19-12(4)23-16/h5-8,10,15,20H,9H2,1-4H3,(H,18,21). The number of benzene rings is 1. The molecule has 2 rings (SSSR count). The average Bonchev–Trinajstić information content (AvgIpc) is 2.83. The maximum absolute atomic E-state index is 12.2. The average molecular weight is 334 g/mol. The molecule has 5 nitrogen and oxygen atoms in total. The van der Waals surface area contributed by atoms with Gasteiger partial charge in [0.05, 0.1) is 22.9 Å². The van der Waals surface area contributed by atoms with Crippen molar-refractivity contribution in [2.45, 2.75) is 39.9 Å². The van der Waals surface area contributed by atoms with Gasteiger partial charge in [-0.2, -0.15) is 0 Å². The summed E-state index contributed by atoms with van der Waals surface area (Å²) < 4.78 is 5.61. The third-order valence-corrected chi connectivity index (χ3v) is 4.25. The van der Waals surface area contributed by atoms with Crippen molar-refractivity contribution in [3.63, 3.8) is 0 Å². The van der Waals surface area contributed by atoms with Crippen molar-refractivity contribution in [1.82, 2.24) is 10.3 Å². The molecule has 0 aliphatic heterocycles. The maximum atomic E-state index is 12.2. The highest BCUT2D eigenvalue weighted by atomic mass is 32.1. The van der Waals surface area contributed by atoms with Gasteiger partial charge in [0.15, 0.2) is 0 Å². The summed E-state index contributed by atoms with van der Waals surface area (Å²) in [6.07, 6.45) is -0.719. The summed E-state index contributed by atoms with van der Waals surface area (Å²) >= 11 is 1.35. The minimum Gasteiger partial charge on any atom is -0.491 e. The van der Waals surface area contributed by atoms with Gasteiger partial charge in [-0.25, -0.2) is 4.98 Å². The van der Waals surface area contributed by atoms with Crippen molar-refractivity contribution < 1.29 is 14.6 Å². The van der Waals surface area contributed by atoms with Crippen LogP contribution in [-0.2, 0) is 0 Å². The van der Waals surface area contributed by atoms with Gasteiger partial charge in [0.1, 0.15) is 10.6 Å². The van der Waals surface area contributed by atoms with Crippen molar-refractivity contribution in [2.75, 3.05) is 6.54 Å². The van der Waals surface area contributed by atoms with Gasteiger partial charge >= 0.3 is 0 Å². The van der Waals surface area contributed by atoms with Gasteiger partial charge in [0, 0.05) is 6.54 Å². The molecule has 0 radical (unpaired) electrons. The third kappa shape index (κ3) is 4.77. The molecule has 0 saturated carbocycles. The van der Waals surface area contributed by atoms with Gasteiger partial charge in [-0.3, -0.25) is 4.79 Å². The van der Waals surface area contributed by atoms with Crippen LogP contribution in [0.3, 0.4) is 0 Å². The number of thiazole rings is 1. The molecule has 0 saturated heterocycles. The fraction of sp³-hybridized carbons (Fsp3) is 0.412. The second kappa shape index (κ2) is 7.57. The Bertz CT molecular complexity index is 682. The summed E-state index contributed by atoms with van der Waals surface area (Å²) in [6.45, 7) is 7.71. The van der Waals surface area contributed by atoms with Crippen LogP contribution in [0.25, 0.3) is 0 Å². The number of nitrogens with one attached hydrogen (secondary N) is 1. The summed E-state index contributed by atoms with van der Waals surface area (Å²) in [5.74, 6) is 0.499. The van der Waals surface area contributed by atoms with E-state index in [1.807, 2.05) is 45.9 Å². The fourth-order valence-electron chi connectivity index (χ4n) is 2.20. The van der Waals surface area contributed by atoms with Crippen LogP contribution in [0.15, 0.2) is 24.3 Å². The molecule has 0 aliphatic carbocycles. The number of nitrogens with zero attached hydrogens (tertiary/aromatic N) is 1. The van der Waals surface area contributed by atoms with E-state index < -0.39 is 6.10 Å². The molecule has 1 unspecified atom stereocenters. The smallest absolute Gasteiger partial charge is 0.263 e. The van der Waals surface area contributed by atoms with Crippen molar-refractivity contribution in [3.05, 3.63) is 45.4 Å². The highest BCUT2D eigenvalue weighted by Gasteiger charge is 2.16. The Balaban J connectivity index is 1.98. The van der Waals surface area contributed by atoms with Crippen molar-refractivity contribution in [2.24, 2.45) is 0 Å². The second-order valence-corrected chi connectivity index (χ2v) is 6.82. The number of aliphatic hydroxyl groups excluding tert-OH is 1. The number of carbonyl (C=O) groups is 1. The Kier molecular flexibility index (Phi) is 5.74. The van der Waals surface area contributed by atoms with E-state index in [0.29, 0.717) is 21.9 Å². The zero-order valence-electron chi connectivity index (χ0n) is 13.8. The Morgan fingerprint density at radius 1 is 1.39 bits per heavy atom. The molecule has 124 valence electrons. The summed E-state index contributed by atoms with van der Waals surface area (Å²) in [5, 5.41) is 13.9. The Morgan fingerprint density at radius 3 is 2.74 bits per heavy atom. The van der Waals surface area contributed by atoms with Gasteiger partial charge in [-0.1, -0.05) is 12.1 Å². The lowest BCUT2D eigenvalue weighted by atomic mass is 10.1. The molecular weight excluding hydrogens is 312 g/mol. The first kappa shape index (κ1) is 17.4. The molecule has 6 heteroatoms. The largest absolute Gasteiger partial charge is 0.491 e. The second-order valence-electron chi connectivity index (χ2n) is 5.61. The van der Waals surface area contributed by atoms with Crippen LogP contribution in [0.4, 0.5) is 0 Å². The topological polar surface area (TPSA) is 71.5 Å². The summed E-state index contributed by atoms with van der Waals surface area (Å²) in [5.41, 5.74) is 1.42. The number of carbonyl (C=O) groups excluding carboxylic acids is 1.